The van der Waals surface area contributed by atoms with Crippen molar-refractivity contribution >= 4 is 17.3 Å². The van der Waals surface area contributed by atoms with Crippen LogP contribution in [0.2, 0.25) is 0 Å². The Morgan fingerprint density at radius 2 is 2.10 bits per heavy atom. The summed E-state index contributed by atoms with van der Waals surface area (Å²) in [6, 6.07) is 2.05. The predicted octanol–water partition coefficient (Wildman–Crippen LogP) is 3.14. The first-order valence-corrected chi connectivity index (χ1v) is 5.99. The number of benzene rings is 1. The van der Waals surface area contributed by atoms with E-state index in [1.165, 1.54) is 0 Å². The molecule has 0 saturated carbocycles. The second-order valence-electron chi connectivity index (χ2n) is 4.31. The molecule has 21 heavy (non-hydrogen) atoms. The molecular formula is C12H13F3N2O4. The largest absolute Gasteiger partial charge is 0.481 e. The number of nitrogens with zero attached hydrogens (tertiary/aromatic N) is 1. The lowest BCUT2D eigenvalue weighted by molar-refractivity contribution is -0.384. The van der Waals surface area contributed by atoms with Gasteiger partial charge in [0.05, 0.1) is 16.4 Å². The molecule has 1 aromatic rings. The molecular weight excluding hydrogens is 293 g/mol. The van der Waals surface area contributed by atoms with Gasteiger partial charge in [-0.2, -0.15) is 13.2 Å². The van der Waals surface area contributed by atoms with Gasteiger partial charge in [0.2, 0.25) is 0 Å². The summed E-state index contributed by atoms with van der Waals surface area (Å²) in [5.41, 5.74) is -2.03. The average Bonchev–Trinajstić information content (AvgIpc) is 2.37. The highest BCUT2D eigenvalue weighted by atomic mass is 19.4. The standard InChI is InChI=1S/C12H13F3N2O4/c1-2-7(11(18)19)6-16-9-4-3-8(12(13,14)15)5-10(9)17(20)21/h3-5,7,16H,2,6H2,1H3,(H,18,19). The van der Waals surface area contributed by atoms with Crippen LogP contribution in [0, 0.1) is 16.0 Å². The number of nitro benzene ring substituents is 1. The van der Waals surface area contributed by atoms with Crippen LogP contribution in [0.25, 0.3) is 0 Å². The summed E-state index contributed by atoms with van der Waals surface area (Å²) in [4.78, 5) is 20.7. The topological polar surface area (TPSA) is 92.5 Å². The van der Waals surface area contributed by atoms with Gasteiger partial charge >= 0.3 is 12.1 Å². The number of nitro groups is 1. The zero-order valence-corrected chi connectivity index (χ0v) is 11.0. The Morgan fingerprint density at radius 3 is 2.52 bits per heavy atom. The lowest BCUT2D eigenvalue weighted by atomic mass is 10.1. The van der Waals surface area contributed by atoms with Crippen molar-refractivity contribution in [3.63, 3.8) is 0 Å². The van der Waals surface area contributed by atoms with Crippen molar-refractivity contribution in [2.45, 2.75) is 19.5 Å². The Kier molecular flexibility index (Phi) is 5.12. The van der Waals surface area contributed by atoms with Crippen LogP contribution in [0.15, 0.2) is 18.2 Å². The lowest BCUT2D eigenvalue weighted by Gasteiger charge is -2.13. The number of anilines is 1. The minimum absolute atomic E-state index is 0.113. The molecule has 1 rings (SSSR count). The van der Waals surface area contributed by atoms with E-state index in [9.17, 15) is 28.1 Å². The number of nitrogens with one attached hydrogen (secondary N) is 1. The Bertz CT molecular complexity index is 546. The summed E-state index contributed by atoms with van der Waals surface area (Å²) in [7, 11) is 0. The van der Waals surface area contributed by atoms with E-state index in [0.717, 1.165) is 6.07 Å². The fourth-order valence-electron chi connectivity index (χ4n) is 1.65. The molecule has 0 fully saturated rings. The molecule has 0 bridgehead atoms. The molecule has 0 aliphatic rings. The third-order valence-electron chi connectivity index (χ3n) is 2.90. The van der Waals surface area contributed by atoms with Gasteiger partial charge in [-0.05, 0) is 18.6 Å². The van der Waals surface area contributed by atoms with E-state index < -0.39 is 34.2 Å². The van der Waals surface area contributed by atoms with E-state index in [0.29, 0.717) is 12.1 Å². The first-order chi connectivity index (χ1) is 9.66. The number of carboxylic acids is 1. The van der Waals surface area contributed by atoms with E-state index in [2.05, 4.69) is 5.32 Å². The Balaban J connectivity index is 3.02. The highest BCUT2D eigenvalue weighted by molar-refractivity contribution is 5.71. The highest BCUT2D eigenvalue weighted by Crippen LogP contribution is 2.35. The van der Waals surface area contributed by atoms with Gasteiger partial charge in [-0.3, -0.25) is 14.9 Å². The first-order valence-electron chi connectivity index (χ1n) is 5.99. The Hall–Kier alpha value is -2.32. The quantitative estimate of drug-likeness (QED) is 0.622. The summed E-state index contributed by atoms with van der Waals surface area (Å²) >= 11 is 0. The first kappa shape index (κ1) is 16.7. The highest BCUT2D eigenvalue weighted by Gasteiger charge is 2.33. The molecule has 0 radical (unpaired) electrons. The molecule has 9 heteroatoms. The molecule has 0 heterocycles. The summed E-state index contributed by atoms with van der Waals surface area (Å²) in [5, 5.41) is 22.2. The maximum absolute atomic E-state index is 12.5. The molecule has 0 saturated heterocycles. The summed E-state index contributed by atoms with van der Waals surface area (Å²) < 4.78 is 37.6. The monoisotopic (exact) mass is 306 g/mol. The van der Waals surface area contributed by atoms with Gasteiger partial charge in [0.1, 0.15) is 5.69 Å². The van der Waals surface area contributed by atoms with Gasteiger partial charge in [0.15, 0.2) is 0 Å². The summed E-state index contributed by atoms with van der Waals surface area (Å²) in [5.74, 6) is -1.87. The minimum Gasteiger partial charge on any atom is -0.481 e. The number of aliphatic carboxylic acids is 1. The molecule has 0 spiro atoms. The molecule has 0 aliphatic carbocycles. The SMILES string of the molecule is CCC(CNc1ccc(C(F)(F)F)cc1[N+](=O)[O-])C(=O)O. The van der Waals surface area contributed by atoms with Crippen molar-refractivity contribution in [3.05, 3.63) is 33.9 Å². The molecule has 116 valence electrons. The maximum Gasteiger partial charge on any atom is 0.416 e. The predicted molar refractivity (Wildman–Crippen MR) is 68.0 cm³/mol. The molecule has 2 N–H and O–H groups in total. The number of hydrogen-bond acceptors (Lipinski definition) is 4. The average molecular weight is 306 g/mol. The lowest BCUT2D eigenvalue weighted by Crippen LogP contribution is -2.22. The van der Waals surface area contributed by atoms with Gasteiger partial charge < -0.3 is 10.4 Å². The number of carboxylic acid groups (broad SMARTS) is 1. The van der Waals surface area contributed by atoms with Crippen molar-refractivity contribution in [2.24, 2.45) is 5.92 Å². The van der Waals surface area contributed by atoms with E-state index in [1.54, 1.807) is 6.92 Å². The number of rotatable bonds is 6. The number of halogens is 3. The fraction of sp³-hybridized carbons (Fsp3) is 0.417. The Morgan fingerprint density at radius 1 is 1.48 bits per heavy atom. The third-order valence-corrected chi connectivity index (χ3v) is 2.90. The van der Waals surface area contributed by atoms with Crippen molar-refractivity contribution in [1.82, 2.24) is 0 Å². The molecule has 0 aromatic heterocycles. The molecule has 1 unspecified atom stereocenters. The van der Waals surface area contributed by atoms with Crippen molar-refractivity contribution in [1.29, 1.82) is 0 Å². The van der Waals surface area contributed by atoms with Gasteiger partial charge in [-0.25, -0.2) is 0 Å². The van der Waals surface area contributed by atoms with Crippen LogP contribution < -0.4 is 5.32 Å². The van der Waals surface area contributed by atoms with Crippen LogP contribution in [-0.2, 0) is 11.0 Å². The fourth-order valence-corrected chi connectivity index (χ4v) is 1.65. The molecule has 1 atom stereocenters. The van der Waals surface area contributed by atoms with Crippen LogP contribution in [-0.4, -0.2) is 22.5 Å². The summed E-state index contributed by atoms with van der Waals surface area (Å²) in [6.45, 7) is 1.51. The normalized spacial score (nSPS) is 12.8. The zero-order valence-electron chi connectivity index (χ0n) is 11.0. The van der Waals surface area contributed by atoms with E-state index in [4.69, 9.17) is 5.11 Å². The van der Waals surface area contributed by atoms with E-state index >= 15 is 0 Å². The smallest absolute Gasteiger partial charge is 0.416 e. The van der Waals surface area contributed by atoms with Crippen LogP contribution in [0.3, 0.4) is 0 Å². The van der Waals surface area contributed by atoms with Gasteiger partial charge in [0.25, 0.3) is 5.69 Å². The zero-order chi connectivity index (χ0) is 16.2. The van der Waals surface area contributed by atoms with Crippen molar-refractivity contribution in [3.8, 4) is 0 Å². The van der Waals surface area contributed by atoms with E-state index in [-0.39, 0.29) is 18.7 Å². The van der Waals surface area contributed by atoms with Gasteiger partial charge in [0, 0.05) is 12.6 Å². The second-order valence-corrected chi connectivity index (χ2v) is 4.31. The van der Waals surface area contributed by atoms with Crippen LogP contribution >= 0.6 is 0 Å². The number of alkyl halides is 3. The molecule has 1 aromatic carbocycles. The van der Waals surface area contributed by atoms with Crippen LogP contribution in [0.4, 0.5) is 24.5 Å². The van der Waals surface area contributed by atoms with Gasteiger partial charge in [-0.1, -0.05) is 6.92 Å². The Labute approximate surface area is 117 Å². The summed E-state index contributed by atoms with van der Waals surface area (Å²) in [6.07, 6.45) is -4.40. The third kappa shape index (κ3) is 4.33. The minimum atomic E-state index is -4.68. The number of carbonyl (C=O) groups is 1. The van der Waals surface area contributed by atoms with E-state index in [1.807, 2.05) is 0 Å². The van der Waals surface area contributed by atoms with Crippen LogP contribution in [0.1, 0.15) is 18.9 Å². The van der Waals surface area contributed by atoms with Crippen molar-refractivity contribution in [2.75, 3.05) is 11.9 Å². The molecule has 0 amide bonds. The van der Waals surface area contributed by atoms with Crippen molar-refractivity contribution < 1.29 is 28.0 Å². The van der Waals surface area contributed by atoms with Gasteiger partial charge in [-0.15, -0.1) is 0 Å². The maximum atomic E-state index is 12.5. The molecule has 6 nitrogen and oxygen atoms in total. The number of hydrogen-bond donors (Lipinski definition) is 2. The second kappa shape index (κ2) is 6.42. The molecule has 0 aliphatic heterocycles. The van der Waals surface area contributed by atoms with Crippen LogP contribution in [0.5, 0.6) is 0 Å².